The Balaban J connectivity index is 1.54. The molecule has 5 heteroatoms. The number of rotatable bonds is 2. The molecule has 3 aromatic rings. The van der Waals surface area contributed by atoms with Crippen molar-refractivity contribution in [1.82, 2.24) is 20.3 Å². The molecule has 120 valence electrons. The van der Waals surface area contributed by atoms with Gasteiger partial charge in [-0.15, -0.1) is 0 Å². The van der Waals surface area contributed by atoms with E-state index in [1.165, 1.54) is 12.8 Å². The highest BCUT2D eigenvalue weighted by Gasteiger charge is 2.37. The largest absolute Gasteiger partial charge is 0.332 e. The first-order valence-electron chi connectivity index (χ1n) is 8.56. The highest BCUT2D eigenvalue weighted by Crippen LogP contribution is 2.31. The maximum absolute atomic E-state index is 4.86. The van der Waals surface area contributed by atoms with Crippen LogP contribution in [0.1, 0.15) is 12.8 Å². The van der Waals surface area contributed by atoms with Crippen molar-refractivity contribution >= 4 is 16.9 Å². The van der Waals surface area contributed by atoms with Gasteiger partial charge in [-0.3, -0.25) is 4.98 Å². The number of fused-ring (bicyclic) bond motifs is 3. The maximum atomic E-state index is 4.86. The van der Waals surface area contributed by atoms with Crippen LogP contribution in [0.2, 0.25) is 0 Å². The van der Waals surface area contributed by atoms with Crippen molar-refractivity contribution in [3.63, 3.8) is 0 Å². The number of pyridine rings is 1. The predicted octanol–water partition coefficient (Wildman–Crippen LogP) is 2.63. The SMILES string of the molecule is c1ccc2ncc(-c3ccnc(N4C5CCC4CNC5)n3)cc2c1. The number of nitrogens with one attached hydrogen (secondary N) is 1. The number of para-hydroxylation sites is 1. The quantitative estimate of drug-likeness (QED) is 0.787. The fourth-order valence-electron chi connectivity index (χ4n) is 3.95. The molecule has 2 aromatic heterocycles. The molecule has 2 atom stereocenters. The van der Waals surface area contributed by atoms with Gasteiger partial charge in [0.25, 0.3) is 0 Å². The van der Waals surface area contributed by atoms with Crippen molar-refractivity contribution in [3.05, 3.63) is 48.8 Å². The Morgan fingerprint density at radius 2 is 1.83 bits per heavy atom. The van der Waals surface area contributed by atoms with E-state index in [0.29, 0.717) is 12.1 Å². The van der Waals surface area contributed by atoms with Gasteiger partial charge in [-0.2, -0.15) is 0 Å². The molecular formula is C19H19N5. The van der Waals surface area contributed by atoms with E-state index < -0.39 is 0 Å². The molecule has 2 aliphatic rings. The number of benzene rings is 1. The first-order valence-corrected chi connectivity index (χ1v) is 8.56. The van der Waals surface area contributed by atoms with Crippen molar-refractivity contribution in [2.24, 2.45) is 0 Å². The van der Waals surface area contributed by atoms with E-state index in [4.69, 9.17) is 4.98 Å². The lowest BCUT2D eigenvalue weighted by Crippen LogP contribution is -2.52. The van der Waals surface area contributed by atoms with Gasteiger partial charge in [-0.25, -0.2) is 9.97 Å². The summed E-state index contributed by atoms with van der Waals surface area (Å²) in [7, 11) is 0. The predicted molar refractivity (Wildman–Crippen MR) is 94.9 cm³/mol. The first kappa shape index (κ1) is 13.9. The van der Waals surface area contributed by atoms with Crippen molar-refractivity contribution in [1.29, 1.82) is 0 Å². The van der Waals surface area contributed by atoms with E-state index in [1.807, 2.05) is 36.7 Å². The standard InChI is InChI=1S/C19H19N5/c1-2-4-17-13(3-1)9-14(10-22-17)18-7-8-21-19(23-18)24-15-5-6-16(24)12-20-11-15/h1-4,7-10,15-16,20H,5-6,11-12H2. The van der Waals surface area contributed by atoms with Gasteiger partial charge in [0.15, 0.2) is 0 Å². The maximum Gasteiger partial charge on any atom is 0.226 e. The molecule has 0 saturated carbocycles. The Morgan fingerprint density at radius 3 is 2.71 bits per heavy atom. The van der Waals surface area contributed by atoms with Crippen LogP contribution in [0.5, 0.6) is 0 Å². The zero-order chi connectivity index (χ0) is 15.9. The molecule has 2 fully saturated rings. The van der Waals surface area contributed by atoms with Gasteiger partial charge < -0.3 is 10.2 Å². The minimum absolute atomic E-state index is 0.522. The van der Waals surface area contributed by atoms with Crippen LogP contribution in [-0.2, 0) is 0 Å². The molecule has 0 amide bonds. The zero-order valence-electron chi connectivity index (χ0n) is 13.4. The molecule has 2 saturated heterocycles. The minimum Gasteiger partial charge on any atom is -0.332 e. The van der Waals surface area contributed by atoms with Crippen molar-refractivity contribution in [2.45, 2.75) is 24.9 Å². The van der Waals surface area contributed by atoms with E-state index in [1.54, 1.807) is 0 Å². The lowest BCUT2D eigenvalue weighted by molar-refractivity contribution is 0.477. The fraction of sp³-hybridized carbons (Fsp3) is 0.316. The van der Waals surface area contributed by atoms with Crippen LogP contribution >= 0.6 is 0 Å². The van der Waals surface area contributed by atoms with E-state index in [-0.39, 0.29) is 0 Å². The van der Waals surface area contributed by atoms with Gasteiger partial charge in [0.1, 0.15) is 0 Å². The van der Waals surface area contributed by atoms with Crippen molar-refractivity contribution < 1.29 is 0 Å². The lowest BCUT2D eigenvalue weighted by atomic mass is 10.1. The molecule has 4 heterocycles. The minimum atomic E-state index is 0.522. The zero-order valence-corrected chi connectivity index (χ0v) is 13.4. The molecular weight excluding hydrogens is 298 g/mol. The summed E-state index contributed by atoms with van der Waals surface area (Å²) in [5, 5.41) is 4.64. The third-order valence-electron chi connectivity index (χ3n) is 5.14. The van der Waals surface area contributed by atoms with E-state index in [9.17, 15) is 0 Å². The van der Waals surface area contributed by atoms with Gasteiger partial charge in [0, 0.05) is 48.5 Å². The van der Waals surface area contributed by atoms with Crippen LogP contribution in [0.4, 0.5) is 5.95 Å². The summed E-state index contributed by atoms with van der Waals surface area (Å²) in [5.41, 5.74) is 2.99. The smallest absolute Gasteiger partial charge is 0.226 e. The van der Waals surface area contributed by atoms with Crippen LogP contribution in [0.15, 0.2) is 48.8 Å². The summed E-state index contributed by atoms with van der Waals surface area (Å²) in [5.74, 6) is 0.856. The second-order valence-electron chi connectivity index (χ2n) is 6.61. The number of hydrogen-bond acceptors (Lipinski definition) is 5. The summed E-state index contributed by atoms with van der Waals surface area (Å²) in [6, 6.07) is 13.3. The Kier molecular flexibility index (Phi) is 3.19. The molecule has 0 spiro atoms. The third-order valence-corrected chi connectivity index (χ3v) is 5.14. The summed E-state index contributed by atoms with van der Waals surface area (Å²) >= 11 is 0. The molecule has 5 rings (SSSR count). The normalized spacial score (nSPS) is 22.9. The summed E-state index contributed by atoms with van der Waals surface area (Å²) in [6.45, 7) is 2.06. The molecule has 24 heavy (non-hydrogen) atoms. The average Bonchev–Trinajstić information content (AvgIpc) is 2.90. The molecule has 1 N–H and O–H groups in total. The summed E-state index contributed by atoms with van der Waals surface area (Å²) < 4.78 is 0. The monoisotopic (exact) mass is 317 g/mol. The molecule has 0 aliphatic carbocycles. The van der Waals surface area contributed by atoms with Crippen molar-refractivity contribution in [3.8, 4) is 11.3 Å². The molecule has 2 aliphatic heterocycles. The van der Waals surface area contributed by atoms with Crippen molar-refractivity contribution in [2.75, 3.05) is 18.0 Å². The van der Waals surface area contributed by atoms with Gasteiger partial charge in [-0.1, -0.05) is 18.2 Å². The Bertz CT molecular complexity index is 878. The van der Waals surface area contributed by atoms with Crippen LogP contribution in [-0.4, -0.2) is 40.1 Å². The van der Waals surface area contributed by atoms with E-state index >= 15 is 0 Å². The lowest BCUT2D eigenvalue weighted by Gasteiger charge is -2.35. The highest BCUT2D eigenvalue weighted by molar-refractivity contribution is 5.82. The van der Waals surface area contributed by atoms with Crippen LogP contribution < -0.4 is 10.2 Å². The number of piperazine rings is 1. The first-order chi connectivity index (χ1) is 11.9. The molecule has 1 aromatic carbocycles. The second-order valence-corrected chi connectivity index (χ2v) is 6.61. The van der Waals surface area contributed by atoms with Gasteiger partial charge in [0.05, 0.1) is 11.2 Å². The number of nitrogens with zero attached hydrogens (tertiary/aromatic N) is 4. The average molecular weight is 317 g/mol. The molecule has 2 unspecified atom stereocenters. The topological polar surface area (TPSA) is 53.9 Å². The third kappa shape index (κ3) is 2.24. The van der Waals surface area contributed by atoms with Gasteiger partial charge in [0.2, 0.25) is 5.95 Å². The van der Waals surface area contributed by atoms with E-state index in [0.717, 1.165) is 41.2 Å². The highest BCUT2D eigenvalue weighted by atomic mass is 15.3. The van der Waals surface area contributed by atoms with E-state index in [2.05, 4.69) is 32.3 Å². The number of aromatic nitrogens is 3. The molecule has 0 radical (unpaired) electrons. The molecule has 5 nitrogen and oxygen atoms in total. The van der Waals surface area contributed by atoms with Crippen LogP contribution in [0.25, 0.3) is 22.2 Å². The summed E-state index contributed by atoms with van der Waals surface area (Å²) in [6.07, 6.45) is 6.22. The number of hydrogen-bond donors (Lipinski definition) is 1. The second kappa shape index (κ2) is 5.53. The Labute approximate surface area is 140 Å². The molecule has 2 bridgehead atoms. The van der Waals surface area contributed by atoms with Crippen LogP contribution in [0.3, 0.4) is 0 Å². The van der Waals surface area contributed by atoms with Gasteiger partial charge >= 0.3 is 0 Å². The van der Waals surface area contributed by atoms with Crippen LogP contribution in [0, 0.1) is 0 Å². The summed E-state index contributed by atoms with van der Waals surface area (Å²) in [4.78, 5) is 16.4. The van der Waals surface area contributed by atoms with Gasteiger partial charge in [-0.05, 0) is 31.0 Å². The Hall–Kier alpha value is -2.53. The Morgan fingerprint density at radius 1 is 1.00 bits per heavy atom. The fourth-order valence-corrected chi connectivity index (χ4v) is 3.95. The number of anilines is 1.